The summed E-state index contributed by atoms with van der Waals surface area (Å²) < 4.78 is 30.5. The van der Waals surface area contributed by atoms with Crippen molar-refractivity contribution in [1.29, 1.82) is 0 Å². The van der Waals surface area contributed by atoms with Crippen LogP contribution in [0.15, 0.2) is 48.8 Å². The number of rotatable bonds is 7. The van der Waals surface area contributed by atoms with Crippen molar-refractivity contribution in [3.8, 4) is 11.3 Å². The van der Waals surface area contributed by atoms with Gasteiger partial charge < -0.3 is 25.4 Å². The van der Waals surface area contributed by atoms with Crippen LogP contribution in [0.4, 0.5) is 26.0 Å². The lowest BCUT2D eigenvalue weighted by molar-refractivity contribution is -0.125. The smallest absolute Gasteiger partial charge is 0.255 e. The maximum atomic E-state index is 14.6. The average Bonchev–Trinajstić information content (AvgIpc) is 3.51. The Kier molecular flexibility index (Phi) is 7.58. The van der Waals surface area contributed by atoms with Crippen molar-refractivity contribution in [2.24, 2.45) is 5.41 Å². The molecule has 2 spiro atoms. The van der Waals surface area contributed by atoms with Crippen LogP contribution in [-0.4, -0.2) is 82.5 Å². The molecule has 4 aromatic rings. The summed E-state index contributed by atoms with van der Waals surface area (Å²) in [6.45, 7) is 8.86. The summed E-state index contributed by atoms with van der Waals surface area (Å²) in [7, 11) is 1.62. The van der Waals surface area contributed by atoms with Gasteiger partial charge in [0.1, 0.15) is 5.52 Å². The number of aromatic nitrogens is 3. The number of imidazole rings is 1. The van der Waals surface area contributed by atoms with Crippen molar-refractivity contribution in [3.05, 3.63) is 65.5 Å². The summed E-state index contributed by atoms with van der Waals surface area (Å²) >= 11 is 0. The Bertz CT molecular complexity index is 2120. The van der Waals surface area contributed by atoms with Gasteiger partial charge in [0.05, 0.1) is 28.4 Å². The zero-order valence-electron chi connectivity index (χ0n) is 30.2. The number of benzene rings is 2. The molecule has 2 aliphatic carbocycles. The molecule has 2 aromatic heterocycles. The minimum Gasteiger partial charge on any atom is -0.355 e. The minimum atomic E-state index is -2.53. The van der Waals surface area contributed by atoms with Crippen LogP contribution in [0.1, 0.15) is 79.9 Å². The molecule has 52 heavy (non-hydrogen) atoms. The molecule has 10 nitrogen and oxygen atoms in total. The van der Waals surface area contributed by atoms with Crippen molar-refractivity contribution in [1.82, 2.24) is 30.1 Å². The predicted molar refractivity (Wildman–Crippen MR) is 197 cm³/mol. The fraction of sp³-hybridized carbons (Fsp3) is 0.500. The molecule has 0 unspecified atom stereocenters. The number of nitrogens with one attached hydrogen (secondary N) is 3. The van der Waals surface area contributed by atoms with Crippen molar-refractivity contribution in [3.63, 3.8) is 0 Å². The predicted octanol–water partition coefficient (Wildman–Crippen LogP) is 6.32. The zero-order valence-corrected chi connectivity index (χ0v) is 30.2. The molecule has 1 atom stereocenters. The first-order valence-electron chi connectivity index (χ1n) is 18.7. The Morgan fingerprint density at radius 3 is 2.50 bits per heavy atom. The van der Waals surface area contributed by atoms with E-state index >= 15 is 0 Å². The van der Waals surface area contributed by atoms with Crippen molar-refractivity contribution in [2.75, 3.05) is 43.4 Å². The summed E-state index contributed by atoms with van der Waals surface area (Å²) in [5.41, 5.74) is 6.09. The third-order valence-corrected chi connectivity index (χ3v) is 12.8. The lowest BCUT2D eigenvalue weighted by atomic mass is 9.74. The number of carbonyl (C=O) groups is 2. The fourth-order valence-electron chi connectivity index (χ4n) is 9.46. The third-order valence-electron chi connectivity index (χ3n) is 12.8. The Balaban J connectivity index is 1.08. The lowest BCUT2D eigenvalue weighted by Gasteiger charge is -2.46. The number of alkyl halides is 2. The van der Waals surface area contributed by atoms with Gasteiger partial charge in [0.25, 0.3) is 11.8 Å². The summed E-state index contributed by atoms with van der Waals surface area (Å²) in [4.78, 5) is 41.5. The highest BCUT2D eigenvalue weighted by Crippen LogP contribution is 2.65. The number of hydrogen-bond acceptors (Lipinski definition) is 7. The number of piperidine rings is 1. The first-order chi connectivity index (χ1) is 24.9. The maximum absolute atomic E-state index is 14.6. The Hall–Kier alpha value is -4.42. The molecule has 3 N–H and O–H groups in total. The first-order valence-corrected chi connectivity index (χ1v) is 18.7. The van der Waals surface area contributed by atoms with Gasteiger partial charge in [0.2, 0.25) is 5.91 Å². The van der Waals surface area contributed by atoms with Crippen LogP contribution in [0, 0.1) is 12.3 Å². The van der Waals surface area contributed by atoms with E-state index in [2.05, 4.69) is 62.4 Å². The van der Waals surface area contributed by atoms with E-state index in [1.807, 2.05) is 37.5 Å². The number of amides is 2. The molecule has 5 aliphatic rings. The molecule has 12 heteroatoms. The van der Waals surface area contributed by atoms with Gasteiger partial charge in [-0.3, -0.25) is 14.5 Å². The average molecular weight is 709 g/mol. The van der Waals surface area contributed by atoms with Crippen molar-refractivity contribution >= 4 is 40.0 Å². The van der Waals surface area contributed by atoms with E-state index in [-0.39, 0.29) is 36.4 Å². The zero-order chi connectivity index (χ0) is 36.2. The standard InChI is InChI=1S/C40H46F2N8O2/c1-23(2)49-22-45-32-19-31(47-35(34(32)49)46-26-7-5-24(3)29(16-26)36(51)43-4)25-6-8-30-33(15-25)50(37(52)39(30)9-12-44-13-10-39)28-17-27(18-28)48-14-11-38(21-48)20-40(38,41)42/h5-8,15-16,19,22-23,27-28,44H,9-14,17-18,20-21H2,1-4H3,(H,43,51)(H,46,47)/t27?,28?,38-/m0/s1. The lowest BCUT2D eigenvalue weighted by Crippen LogP contribution is -2.57. The number of anilines is 3. The quantitative estimate of drug-likeness (QED) is 0.206. The molecule has 2 aromatic carbocycles. The fourth-order valence-corrected chi connectivity index (χ4v) is 9.46. The third kappa shape index (κ3) is 5.00. The summed E-state index contributed by atoms with van der Waals surface area (Å²) in [5, 5.41) is 9.68. The van der Waals surface area contributed by atoms with Crippen LogP contribution in [0.5, 0.6) is 0 Å². The van der Waals surface area contributed by atoms with E-state index in [1.54, 1.807) is 7.05 Å². The van der Waals surface area contributed by atoms with E-state index in [4.69, 9.17) is 9.97 Å². The second kappa shape index (κ2) is 11.8. The van der Waals surface area contributed by atoms with Gasteiger partial charge in [-0.1, -0.05) is 18.2 Å². The highest BCUT2D eigenvalue weighted by atomic mass is 19.3. The Labute approximate surface area is 302 Å². The molecule has 9 rings (SSSR count). The SMILES string of the molecule is CNC(=O)c1cc(Nc2nc(-c3ccc4c(c3)N(C3CC(N5CC[C@@]6(C5)CC6(F)F)C3)C(=O)C43CCNCC3)cc3ncn(C(C)C)c23)ccc1C. The van der Waals surface area contributed by atoms with E-state index in [9.17, 15) is 18.4 Å². The number of nitrogens with zero attached hydrogens (tertiary/aromatic N) is 5. The van der Waals surface area contributed by atoms with Crippen LogP contribution >= 0.6 is 0 Å². The topological polar surface area (TPSA) is 107 Å². The normalized spacial score (nSPS) is 26.0. The number of halogens is 2. The van der Waals surface area contributed by atoms with Gasteiger partial charge in [0, 0.05) is 60.6 Å². The van der Waals surface area contributed by atoms with E-state index in [0.717, 1.165) is 83.6 Å². The largest absolute Gasteiger partial charge is 0.355 e. The Morgan fingerprint density at radius 2 is 1.81 bits per heavy atom. The van der Waals surface area contributed by atoms with Gasteiger partial charge >= 0.3 is 0 Å². The molecule has 272 valence electrons. The monoisotopic (exact) mass is 708 g/mol. The van der Waals surface area contributed by atoms with Crippen LogP contribution in [0.25, 0.3) is 22.3 Å². The van der Waals surface area contributed by atoms with E-state index < -0.39 is 16.8 Å². The van der Waals surface area contributed by atoms with Crippen LogP contribution in [-0.2, 0) is 10.2 Å². The van der Waals surface area contributed by atoms with Crippen LogP contribution in [0.2, 0.25) is 0 Å². The summed E-state index contributed by atoms with van der Waals surface area (Å²) in [5.74, 6) is -1.89. The van der Waals surface area contributed by atoms with Crippen LogP contribution < -0.4 is 20.9 Å². The van der Waals surface area contributed by atoms with Crippen molar-refractivity contribution in [2.45, 2.75) is 88.8 Å². The van der Waals surface area contributed by atoms with Gasteiger partial charge in [-0.15, -0.1) is 0 Å². The number of hydrogen-bond donors (Lipinski definition) is 3. The highest BCUT2D eigenvalue weighted by molar-refractivity contribution is 6.09. The molecule has 2 saturated heterocycles. The van der Waals surface area contributed by atoms with E-state index in [1.165, 1.54) is 0 Å². The van der Waals surface area contributed by atoms with Gasteiger partial charge in [0.15, 0.2) is 5.82 Å². The molecule has 2 saturated carbocycles. The molecule has 0 bridgehead atoms. The Morgan fingerprint density at radius 1 is 1.04 bits per heavy atom. The molecule has 2 amide bonds. The van der Waals surface area contributed by atoms with Gasteiger partial charge in [-0.25, -0.2) is 18.7 Å². The molecular formula is C40H46F2N8O2. The molecule has 3 aliphatic heterocycles. The number of fused-ring (bicyclic) bond motifs is 3. The van der Waals surface area contributed by atoms with Crippen molar-refractivity contribution < 1.29 is 18.4 Å². The van der Waals surface area contributed by atoms with Crippen LogP contribution in [0.3, 0.4) is 0 Å². The minimum absolute atomic E-state index is 0.0147. The number of pyridine rings is 1. The second-order valence-electron chi connectivity index (χ2n) is 16.1. The summed E-state index contributed by atoms with van der Waals surface area (Å²) in [6, 6.07) is 14.4. The molecule has 4 fully saturated rings. The van der Waals surface area contributed by atoms with E-state index in [0.29, 0.717) is 30.9 Å². The highest BCUT2D eigenvalue weighted by Gasteiger charge is 2.73. The molecular weight excluding hydrogens is 662 g/mol. The summed E-state index contributed by atoms with van der Waals surface area (Å²) in [6.07, 6.45) is 5.49. The number of carbonyl (C=O) groups excluding carboxylic acids is 2. The van der Waals surface area contributed by atoms with Gasteiger partial charge in [-0.2, -0.15) is 0 Å². The second-order valence-corrected chi connectivity index (χ2v) is 16.1. The van der Waals surface area contributed by atoms with Gasteiger partial charge in [-0.05, 0) is 108 Å². The number of aryl methyl sites for hydroxylation is 1. The molecule has 5 heterocycles. The maximum Gasteiger partial charge on any atom is 0.255 e. The first kappa shape index (κ1) is 33.4. The number of likely N-dealkylation sites (tertiary alicyclic amines) is 1. The molecule has 0 radical (unpaired) electrons.